The van der Waals surface area contributed by atoms with E-state index in [4.69, 9.17) is 58.1 Å². The van der Waals surface area contributed by atoms with E-state index in [1.807, 2.05) is 133 Å². The van der Waals surface area contributed by atoms with Crippen LogP contribution in [-0.4, -0.2) is 44.9 Å². The van der Waals surface area contributed by atoms with E-state index in [0.29, 0.717) is 52.4 Å². The summed E-state index contributed by atoms with van der Waals surface area (Å²) in [6.45, 7) is 0. The lowest BCUT2D eigenvalue weighted by Gasteiger charge is -2.14. The molecule has 0 saturated heterocycles. The van der Waals surface area contributed by atoms with E-state index in [9.17, 15) is 0 Å². The third kappa shape index (κ3) is 16.5. The van der Waals surface area contributed by atoms with Crippen LogP contribution in [0, 0.1) is 0 Å². The Labute approximate surface area is 834 Å². The van der Waals surface area contributed by atoms with Gasteiger partial charge >= 0.3 is 0 Å². The van der Waals surface area contributed by atoms with Crippen molar-refractivity contribution in [2.24, 2.45) is 0 Å². The van der Waals surface area contributed by atoms with Crippen LogP contribution in [0.15, 0.2) is 517 Å². The summed E-state index contributed by atoms with van der Waals surface area (Å²) in [6, 6.07) is 174. The first kappa shape index (κ1) is 85.7. The van der Waals surface area contributed by atoms with Gasteiger partial charge in [-0.3, -0.25) is 0 Å². The average molecular weight is 1860 g/mol. The van der Waals surface area contributed by atoms with Crippen molar-refractivity contribution in [3.8, 4) is 169 Å². The minimum absolute atomic E-state index is 0.617. The summed E-state index contributed by atoms with van der Waals surface area (Å²) in [5.74, 6) is 5.66. The van der Waals surface area contributed by atoms with Crippen molar-refractivity contribution < 1.29 is 13.3 Å². The summed E-state index contributed by atoms with van der Waals surface area (Å²) in [5, 5.41) is 15.5. The van der Waals surface area contributed by atoms with Crippen LogP contribution < -0.4 is 0 Å². The minimum atomic E-state index is 0.617. The molecule has 0 aliphatic heterocycles. The highest BCUT2D eigenvalue weighted by Gasteiger charge is 2.26. The molecule has 28 rings (SSSR count). The lowest BCUT2D eigenvalue weighted by atomic mass is 9.92. The van der Waals surface area contributed by atoms with Gasteiger partial charge in [-0.2, -0.15) is 0 Å². The maximum atomic E-state index is 6.29. The van der Waals surface area contributed by atoms with Crippen molar-refractivity contribution in [1.29, 1.82) is 0 Å². The van der Waals surface area contributed by atoms with Gasteiger partial charge in [-0.25, -0.2) is 44.9 Å². The van der Waals surface area contributed by atoms with Gasteiger partial charge in [0.05, 0.1) is 0 Å². The number of aromatic nitrogens is 9. The van der Waals surface area contributed by atoms with E-state index in [1.54, 1.807) is 0 Å². The predicted molar refractivity (Wildman–Crippen MR) is 593 cm³/mol. The Balaban J connectivity index is 0.000000112. The number of fused-ring (bicyclic) bond motifs is 13. The van der Waals surface area contributed by atoms with Gasteiger partial charge < -0.3 is 13.3 Å². The predicted octanol–water partition coefficient (Wildman–Crippen LogP) is 34.9. The first-order valence-electron chi connectivity index (χ1n) is 48.5. The van der Waals surface area contributed by atoms with Crippen LogP contribution in [0.1, 0.15) is 0 Å². The van der Waals surface area contributed by atoms with E-state index < -0.39 is 0 Å². The smallest absolute Gasteiger partial charge is 0.164 e. The summed E-state index contributed by atoms with van der Waals surface area (Å²) in [4.78, 5) is 46.0. The fourth-order valence-electron chi connectivity index (χ4n) is 20.2. The first-order chi connectivity index (χ1) is 71.8. The molecule has 12 nitrogen and oxygen atoms in total. The molecule has 12 heteroatoms. The van der Waals surface area contributed by atoms with Crippen LogP contribution in [0.2, 0.25) is 0 Å². The normalized spacial score (nSPS) is 11.4. The molecule has 0 saturated carbocycles. The summed E-state index contributed by atoms with van der Waals surface area (Å²) in [5.41, 5.74) is 27.2. The Morgan fingerprint density at radius 2 is 0.345 bits per heavy atom. The zero-order chi connectivity index (χ0) is 96.0. The van der Waals surface area contributed by atoms with Crippen LogP contribution in [0.4, 0.5) is 0 Å². The van der Waals surface area contributed by atoms with Crippen LogP contribution in [0.5, 0.6) is 0 Å². The van der Waals surface area contributed by atoms with Gasteiger partial charge in [0.2, 0.25) is 0 Å². The number of benzene rings is 22. The van der Waals surface area contributed by atoms with E-state index in [0.717, 1.165) is 204 Å². The largest absolute Gasteiger partial charge is 0.456 e. The number of hydrogen-bond acceptors (Lipinski definition) is 12. The molecule has 0 bridgehead atoms. The van der Waals surface area contributed by atoms with Gasteiger partial charge in [-0.1, -0.05) is 437 Å². The first-order valence-corrected chi connectivity index (χ1v) is 48.5. The lowest BCUT2D eigenvalue weighted by molar-refractivity contribution is 0.668. The minimum Gasteiger partial charge on any atom is -0.456 e. The van der Waals surface area contributed by atoms with Crippen molar-refractivity contribution in [2.75, 3.05) is 0 Å². The molecule has 0 radical (unpaired) electrons. The molecule has 0 unspecified atom stereocenters. The Hall–Kier alpha value is -19.7. The number of hydrogen-bond donors (Lipinski definition) is 0. The van der Waals surface area contributed by atoms with Gasteiger partial charge in [0.25, 0.3) is 0 Å². The van der Waals surface area contributed by atoms with Gasteiger partial charge in [-0.15, -0.1) is 0 Å². The third-order valence-electron chi connectivity index (χ3n) is 27.2. The molecule has 0 atom stereocenters. The molecule has 0 amide bonds. The fraction of sp³-hybridized carbons (Fsp3) is 0. The maximum absolute atomic E-state index is 6.29. The van der Waals surface area contributed by atoms with Crippen molar-refractivity contribution in [3.05, 3.63) is 504 Å². The summed E-state index contributed by atoms with van der Waals surface area (Å²) < 4.78 is 18.8. The topological polar surface area (TPSA) is 155 Å². The van der Waals surface area contributed by atoms with Crippen molar-refractivity contribution >= 4 is 109 Å². The number of nitrogens with zero attached hydrogens (tertiary/aromatic N) is 9. The van der Waals surface area contributed by atoms with Gasteiger partial charge in [-0.05, 0) is 171 Å². The highest BCUT2D eigenvalue weighted by molar-refractivity contribution is 6.19. The second kappa shape index (κ2) is 37.2. The zero-order valence-corrected chi connectivity index (χ0v) is 78.2. The average Bonchev–Trinajstić information content (AvgIpc) is 1.58. The van der Waals surface area contributed by atoms with Crippen LogP contribution in [0.3, 0.4) is 0 Å². The number of para-hydroxylation sites is 3. The summed E-state index contributed by atoms with van der Waals surface area (Å²) >= 11 is 0. The Kier molecular flexibility index (Phi) is 22.0. The second-order valence-electron chi connectivity index (χ2n) is 36.1. The van der Waals surface area contributed by atoms with E-state index >= 15 is 0 Å². The Bertz CT molecular complexity index is 9640. The van der Waals surface area contributed by atoms with Crippen LogP contribution in [-0.2, 0) is 0 Å². The standard InChI is InChI=1S/C49H31N3O.C47H29N3O.C37H23N3O/c1-3-12-32(13-4-1)34-22-26-36(27-23-34)47-50-48(37-28-24-35(25-29-37)33-14-5-2-6-15-33)52-49(51-47)43-31-39(30-38-16-7-8-17-40(38)43)41-19-11-21-45-46(41)42-18-9-10-20-44(42)53-45;1-2-11-30(12-3-1)32-21-24-33(25-22-32)45-48-46(36-26-23-31-13-4-5-14-34(31)27-36)50-47(49-45)41-29-37(28-35-15-6-7-16-38(35)41)39-18-10-20-43-44(39)40-17-8-9-19-42(40)51-43;1-3-12-25(13-4-1)35-38-36(26-14-5-2-6-15-26)40-37(39-35)30-21-10-17-24-16-9-19-27(33(24)30)28-20-11-23-32-34(28)29-18-7-8-22-31(29)41-32/h1-31H;1-29H;1-23H. The third-order valence-corrected chi connectivity index (χ3v) is 27.2. The molecule has 6 aromatic heterocycles. The molecule has 0 N–H and O–H groups in total. The summed E-state index contributed by atoms with van der Waals surface area (Å²) in [6.07, 6.45) is 0. The Morgan fingerprint density at radius 1 is 0.110 bits per heavy atom. The highest BCUT2D eigenvalue weighted by Crippen LogP contribution is 2.47. The van der Waals surface area contributed by atoms with Crippen molar-refractivity contribution in [1.82, 2.24) is 44.9 Å². The van der Waals surface area contributed by atoms with Gasteiger partial charge in [0.15, 0.2) is 52.4 Å². The summed E-state index contributed by atoms with van der Waals surface area (Å²) in [7, 11) is 0. The molecule has 6 heterocycles. The SMILES string of the molecule is c1ccc(-c2ccc(-c3nc(-c4ccc(-c5ccccc5)cc4)nc(-c4cc(-c5cccc6oc7ccccc7c56)cc5ccccc45)n3)cc2)cc1.c1ccc(-c2ccc(-c3nc(-c4ccc5ccccc5c4)nc(-c4cc(-c5cccc6oc7ccccc7c56)cc5ccccc45)n3)cc2)cc1.c1ccc(-c2nc(-c3ccccc3)nc(-c3cccc4cccc(-c5cccc6oc7ccccc7c56)c34)n2)cc1. The molecule has 22 aromatic carbocycles. The molecular formula is C133H83N9O3. The quantitative estimate of drug-likeness (QED) is 0.0959. The molecule has 0 fully saturated rings. The number of furan rings is 3. The van der Waals surface area contributed by atoms with Gasteiger partial charge in [0, 0.05) is 87.8 Å². The second-order valence-corrected chi connectivity index (χ2v) is 36.1. The molecule has 145 heavy (non-hydrogen) atoms. The van der Waals surface area contributed by atoms with E-state index in [-0.39, 0.29) is 0 Å². The molecule has 0 aliphatic rings. The van der Waals surface area contributed by atoms with Crippen molar-refractivity contribution in [3.63, 3.8) is 0 Å². The molecule has 0 spiro atoms. The van der Waals surface area contributed by atoms with Crippen molar-refractivity contribution in [2.45, 2.75) is 0 Å². The zero-order valence-electron chi connectivity index (χ0n) is 78.2. The number of rotatable bonds is 15. The Morgan fingerprint density at radius 3 is 0.731 bits per heavy atom. The van der Waals surface area contributed by atoms with Crippen LogP contribution in [0.25, 0.3) is 278 Å². The maximum Gasteiger partial charge on any atom is 0.164 e. The van der Waals surface area contributed by atoms with E-state index in [2.05, 4.69) is 370 Å². The van der Waals surface area contributed by atoms with Crippen LogP contribution >= 0.6 is 0 Å². The van der Waals surface area contributed by atoms with E-state index in [1.165, 1.54) is 22.1 Å². The monoisotopic (exact) mass is 1850 g/mol. The fourth-order valence-corrected chi connectivity index (χ4v) is 20.2. The van der Waals surface area contributed by atoms with Gasteiger partial charge in [0.1, 0.15) is 33.5 Å². The molecular weight excluding hydrogens is 1770 g/mol. The lowest BCUT2D eigenvalue weighted by Crippen LogP contribution is -2.01. The molecule has 28 aromatic rings. The highest BCUT2D eigenvalue weighted by atomic mass is 16.3. The molecule has 0 aliphatic carbocycles. The molecule has 678 valence electrons.